The molecule has 1 atom stereocenters. The Morgan fingerprint density at radius 3 is 2.20 bits per heavy atom. The molecule has 1 aliphatic heterocycles. The molecular weight excluding hydrogens is 434 g/mol. The summed E-state index contributed by atoms with van der Waals surface area (Å²) < 4.78 is 0. The van der Waals surface area contributed by atoms with Gasteiger partial charge in [0.15, 0.2) is 0 Å². The van der Waals surface area contributed by atoms with E-state index in [4.69, 9.17) is 0 Å². The first-order valence-corrected chi connectivity index (χ1v) is 12.6. The van der Waals surface area contributed by atoms with Crippen LogP contribution in [0.4, 0.5) is 16.2 Å². The van der Waals surface area contributed by atoms with Gasteiger partial charge in [-0.1, -0.05) is 75.4 Å². The van der Waals surface area contributed by atoms with Crippen molar-refractivity contribution >= 4 is 23.3 Å². The van der Waals surface area contributed by atoms with Gasteiger partial charge in [-0.2, -0.15) is 0 Å². The van der Waals surface area contributed by atoms with Crippen LogP contribution in [-0.2, 0) is 11.3 Å². The Morgan fingerprint density at radius 2 is 1.57 bits per heavy atom. The molecule has 35 heavy (non-hydrogen) atoms. The lowest BCUT2D eigenvalue weighted by molar-refractivity contribution is -0.117. The minimum Gasteiger partial charge on any atom is -0.326 e. The standard InChI is InChI=1S/C30H35N3O2/c1-4-28(25-9-6-5-7-10-25)29(34)31-26-15-17-27(18-16-26)33-20-8-19-32(30(33)35)21-23-11-13-24(14-12-23)22(2)3/h5-7,9-18,22,28H,4,8,19-21H2,1-3H3,(H,31,34). The summed E-state index contributed by atoms with van der Waals surface area (Å²) >= 11 is 0. The number of carbonyl (C=O) groups excluding carboxylic acids is 2. The van der Waals surface area contributed by atoms with Gasteiger partial charge >= 0.3 is 6.03 Å². The fourth-order valence-corrected chi connectivity index (χ4v) is 4.61. The summed E-state index contributed by atoms with van der Waals surface area (Å²) in [4.78, 5) is 29.9. The Hall–Kier alpha value is -3.60. The molecular formula is C30H35N3O2. The molecule has 0 aliphatic carbocycles. The Labute approximate surface area is 208 Å². The first-order valence-electron chi connectivity index (χ1n) is 12.6. The summed E-state index contributed by atoms with van der Waals surface area (Å²) in [6, 6.07) is 26.0. The molecule has 1 aliphatic rings. The van der Waals surface area contributed by atoms with E-state index in [2.05, 4.69) is 43.4 Å². The summed E-state index contributed by atoms with van der Waals surface area (Å²) in [6.45, 7) is 8.45. The number of nitrogens with zero attached hydrogens (tertiary/aromatic N) is 2. The third kappa shape index (κ3) is 5.91. The molecule has 1 unspecified atom stereocenters. The summed E-state index contributed by atoms with van der Waals surface area (Å²) in [7, 11) is 0. The molecule has 5 heteroatoms. The molecule has 0 bridgehead atoms. The van der Waals surface area contributed by atoms with Crippen LogP contribution in [0.25, 0.3) is 0 Å². The smallest absolute Gasteiger partial charge is 0.324 e. The van der Waals surface area contributed by atoms with Gasteiger partial charge in [-0.05, 0) is 59.7 Å². The number of benzene rings is 3. The zero-order valence-corrected chi connectivity index (χ0v) is 20.9. The van der Waals surface area contributed by atoms with Crippen LogP contribution in [0.3, 0.4) is 0 Å². The number of hydrogen-bond acceptors (Lipinski definition) is 2. The van der Waals surface area contributed by atoms with Crippen molar-refractivity contribution < 1.29 is 9.59 Å². The van der Waals surface area contributed by atoms with Crippen molar-refractivity contribution in [1.82, 2.24) is 4.90 Å². The second-order valence-electron chi connectivity index (χ2n) is 9.51. The highest BCUT2D eigenvalue weighted by Gasteiger charge is 2.27. The molecule has 0 saturated carbocycles. The zero-order chi connectivity index (χ0) is 24.8. The molecule has 0 aromatic heterocycles. The monoisotopic (exact) mass is 469 g/mol. The van der Waals surface area contributed by atoms with Crippen LogP contribution in [0.5, 0.6) is 0 Å². The predicted molar refractivity (Wildman–Crippen MR) is 143 cm³/mol. The fraction of sp³-hybridized carbons (Fsp3) is 0.333. The Morgan fingerprint density at radius 1 is 0.886 bits per heavy atom. The van der Waals surface area contributed by atoms with Gasteiger partial charge in [0.25, 0.3) is 0 Å². The van der Waals surface area contributed by atoms with Gasteiger partial charge in [-0.25, -0.2) is 4.79 Å². The van der Waals surface area contributed by atoms with E-state index >= 15 is 0 Å². The number of rotatable bonds is 8. The van der Waals surface area contributed by atoms with Gasteiger partial charge in [0.2, 0.25) is 5.91 Å². The molecule has 1 N–H and O–H groups in total. The van der Waals surface area contributed by atoms with Crippen molar-refractivity contribution in [2.75, 3.05) is 23.3 Å². The molecule has 0 radical (unpaired) electrons. The number of nitrogens with one attached hydrogen (secondary N) is 1. The van der Waals surface area contributed by atoms with Crippen molar-refractivity contribution in [1.29, 1.82) is 0 Å². The van der Waals surface area contributed by atoms with E-state index < -0.39 is 0 Å². The van der Waals surface area contributed by atoms with Gasteiger partial charge in [0.1, 0.15) is 0 Å². The Kier molecular flexibility index (Phi) is 7.86. The maximum Gasteiger partial charge on any atom is 0.324 e. The number of anilines is 2. The largest absolute Gasteiger partial charge is 0.326 e. The van der Waals surface area contributed by atoms with Crippen molar-refractivity contribution in [3.8, 4) is 0 Å². The average Bonchev–Trinajstić information content (AvgIpc) is 2.87. The van der Waals surface area contributed by atoms with Crippen molar-refractivity contribution in [2.45, 2.75) is 52.0 Å². The molecule has 1 heterocycles. The molecule has 3 aromatic rings. The van der Waals surface area contributed by atoms with E-state index in [0.717, 1.165) is 41.9 Å². The van der Waals surface area contributed by atoms with E-state index in [1.54, 1.807) is 0 Å². The van der Waals surface area contributed by atoms with Gasteiger partial charge < -0.3 is 10.2 Å². The number of carbonyl (C=O) groups is 2. The van der Waals surface area contributed by atoms with Crippen LogP contribution in [0.1, 0.15) is 62.1 Å². The van der Waals surface area contributed by atoms with Crippen molar-refractivity contribution in [3.63, 3.8) is 0 Å². The molecule has 1 fully saturated rings. The highest BCUT2D eigenvalue weighted by Crippen LogP contribution is 2.26. The van der Waals surface area contributed by atoms with Crippen LogP contribution < -0.4 is 10.2 Å². The van der Waals surface area contributed by atoms with Gasteiger partial charge in [0, 0.05) is 31.0 Å². The molecule has 3 amide bonds. The maximum atomic E-state index is 13.2. The van der Waals surface area contributed by atoms with Gasteiger partial charge in [-0.15, -0.1) is 0 Å². The third-order valence-corrected chi connectivity index (χ3v) is 6.70. The van der Waals surface area contributed by atoms with Crippen LogP contribution in [0.2, 0.25) is 0 Å². The number of urea groups is 1. The predicted octanol–water partition coefficient (Wildman–Crippen LogP) is 6.77. The second kappa shape index (κ2) is 11.2. The fourth-order valence-electron chi connectivity index (χ4n) is 4.61. The molecule has 182 valence electrons. The lowest BCUT2D eigenvalue weighted by Crippen LogP contribution is -2.49. The Balaban J connectivity index is 1.40. The third-order valence-electron chi connectivity index (χ3n) is 6.70. The van der Waals surface area contributed by atoms with Crippen molar-refractivity contribution in [2.24, 2.45) is 0 Å². The molecule has 5 nitrogen and oxygen atoms in total. The number of amides is 3. The van der Waals surface area contributed by atoms with Crippen LogP contribution in [0.15, 0.2) is 78.9 Å². The summed E-state index contributed by atoms with van der Waals surface area (Å²) in [5, 5.41) is 3.03. The normalized spacial score (nSPS) is 14.8. The summed E-state index contributed by atoms with van der Waals surface area (Å²) in [6.07, 6.45) is 1.65. The molecule has 4 rings (SSSR count). The molecule has 3 aromatic carbocycles. The van der Waals surface area contributed by atoms with E-state index in [1.807, 2.05) is 71.3 Å². The van der Waals surface area contributed by atoms with E-state index in [9.17, 15) is 9.59 Å². The lowest BCUT2D eigenvalue weighted by atomic mass is 9.95. The van der Waals surface area contributed by atoms with Crippen molar-refractivity contribution in [3.05, 3.63) is 95.6 Å². The minimum absolute atomic E-state index is 0.0184. The maximum absolute atomic E-state index is 13.2. The quantitative estimate of drug-likeness (QED) is 0.396. The van der Waals surface area contributed by atoms with E-state index in [0.29, 0.717) is 19.0 Å². The first kappa shape index (κ1) is 24.5. The Bertz CT molecular complexity index is 1120. The molecule has 1 saturated heterocycles. The SMILES string of the molecule is CCC(C(=O)Nc1ccc(N2CCCN(Cc3ccc(C(C)C)cc3)C2=O)cc1)c1ccccc1. The van der Waals surface area contributed by atoms with Crippen LogP contribution in [0, 0.1) is 0 Å². The van der Waals surface area contributed by atoms with Gasteiger partial charge in [-0.3, -0.25) is 9.69 Å². The van der Waals surface area contributed by atoms with E-state index in [1.165, 1.54) is 5.56 Å². The number of hydrogen-bond donors (Lipinski definition) is 1. The zero-order valence-electron chi connectivity index (χ0n) is 20.9. The minimum atomic E-state index is -0.192. The first-order chi connectivity index (χ1) is 17.0. The van der Waals surface area contributed by atoms with E-state index in [-0.39, 0.29) is 17.9 Å². The molecule has 0 spiro atoms. The highest BCUT2D eigenvalue weighted by atomic mass is 16.2. The average molecular weight is 470 g/mol. The van der Waals surface area contributed by atoms with Crippen LogP contribution >= 0.6 is 0 Å². The highest BCUT2D eigenvalue weighted by molar-refractivity contribution is 5.97. The second-order valence-corrected chi connectivity index (χ2v) is 9.51. The van der Waals surface area contributed by atoms with Gasteiger partial charge in [0.05, 0.1) is 5.92 Å². The van der Waals surface area contributed by atoms with Crippen LogP contribution in [-0.4, -0.2) is 29.9 Å². The summed E-state index contributed by atoms with van der Waals surface area (Å²) in [5.41, 5.74) is 5.05. The topological polar surface area (TPSA) is 52.7 Å². The summed E-state index contributed by atoms with van der Waals surface area (Å²) in [5.74, 6) is 0.285. The lowest BCUT2D eigenvalue weighted by Gasteiger charge is -2.35.